The Morgan fingerprint density at radius 3 is 2.39 bits per heavy atom. The third-order valence-electron chi connectivity index (χ3n) is 4.66. The SMILES string of the molecule is O=C(c1ccc(Br)cc1)c1cc(N=Nc2ccc([N+](=O)[O-])cc2)c(N2CCOCC2)s1. The van der Waals surface area contributed by atoms with Crippen LogP contribution in [0.2, 0.25) is 0 Å². The van der Waals surface area contributed by atoms with Gasteiger partial charge in [-0.15, -0.1) is 16.5 Å². The van der Waals surface area contributed by atoms with Gasteiger partial charge in [-0.05, 0) is 42.5 Å². The summed E-state index contributed by atoms with van der Waals surface area (Å²) >= 11 is 4.76. The summed E-state index contributed by atoms with van der Waals surface area (Å²) < 4.78 is 6.34. The molecule has 1 fully saturated rings. The second kappa shape index (κ2) is 9.46. The van der Waals surface area contributed by atoms with E-state index in [0.29, 0.717) is 48.1 Å². The maximum absolute atomic E-state index is 13.0. The number of nitro groups is 1. The number of hydrogen-bond acceptors (Lipinski definition) is 8. The monoisotopic (exact) mass is 500 g/mol. The molecule has 0 spiro atoms. The van der Waals surface area contributed by atoms with Gasteiger partial charge in [0, 0.05) is 35.3 Å². The van der Waals surface area contributed by atoms with E-state index in [4.69, 9.17) is 4.74 Å². The molecule has 1 aromatic heterocycles. The van der Waals surface area contributed by atoms with Crippen LogP contribution in [0.5, 0.6) is 0 Å². The first-order valence-electron chi connectivity index (χ1n) is 9.44. The van der Waals surface area contributed by atoms with E-state index in [1.807, 2.05) is 12.1 Å². The molecule has 0 saturated carbocycles. The fourth-order valence-electron chi connectivity index (χ4n) is 3.04. The van der Waals surface area contributed by atoms with E-state index in [1.54, 1.807) is 18.2 Å². The van der Waals surface area contributed by atoms with E-state index >= 15 is 0 Å². The lowest BCUT2D eigenvalue weighted by atomic mass is 10.1. The van der Waals surface area contributed by atoms with Crippen LogP contribution in [0, 0.1) is 10.1 Å². The van der Waals surface area contributed by atoms with Crippen LogP contribution in [0.3, 0.4) is 0 Å². The molecule has 2 heterocycles. The molecule has 0 aliphatic carbocycles. The summed E-state index contributed by atoms with van der Waals surface area (Å²) in [4.78, 5) is 26.1. The Morgan fingerprint density at radius 2 is 1.74 bits per heavy atom. The molecular weight excluding hydrogens is 484 g/mol. The molecule has 8 nitrogen and oxygen atoms in total. The Hall–Kier alpha value is -2.95. The fraction of sp³-hybridized carbons (Fsp3) is 0.190. The molecule has 0 N–H and O–H groups in total. The van der Waals surface area contributed by atoms with Crippen molar-refractivity contribution in [3.05, 3.63) is 79.6 Å². The highest BCUT2D eigenvalue weighted by Gasteiger charge is 2.22. The van der Waals surface area contributed by atoms with Gasteiger partial charge in [0.05, 0.1) is 28.7 Å². The maximum Gasteiger partial charge on any atom is 0.269 e. The van der Waals surface area contributed by atoms with Crippen LogP contribution in [0.15, 0.2) is 69.3 Å². The zero-order valence-corrected chi connectivity index (χ0v) is 18.6. The minimum atomic E-state index is -0.462. The number of thiophene rings is 1. The van der Waals surface area contributed by atoms with Crippen molar-refractivity contribution in [3.8, 4) is 0 Å². The summed E-state index contributed by atoms with van der Waals surface area (Å²) in [6, 6.07) is 14.8. The summed E-state index contributed by atoms with van der Waals surface area (Å²) in [7, 11) is 0. The number of carbonyl (C=O) groups excluding carboxylic acids is 1. The van der Waals surface area contributed by atoms with Crippen molar-refractivity contribution in [2.45, 2.75) is 0 Å². The normalized spacial score (nSPS) is 14.2. The molecule has 2 aromatic carbocycles. The number of ether oxygens (including phenoxy) is 1. The number of hydrogen-bond donors (Lipinski definition) is 0. The Labute approximate surface area is 190 Å². The van der Waals surface area contributed by atoms with Crippen molar-refractivity contribution >= 4 is 55.1 Å². The zero-order valence-electron chi connectivity index (χ0n) is 16.2. The zero-order chi connectivity index (χ0) is 21.8. The van der Waals surface area contributed by atoms with Gasteiger partial charge in [0.2, 0.25) is 5.78 Å². The summed E-state index contributed by atoms with van der Waals surface area (Å²) in [6.45, 7) is 2.61. The lowest BCUT2D eigenvalue weighted by Crippen LogP contribution is -2.35. The topological polar surface area (TPSA) is 97.4 Å². The number of nitrogens with zero attached hydrogens (tertiary/aromatic N) is 4. The molecule has 3 aromatic rings. The van der Waals surface area contributed by atoms with Gasteiger partial charge < -0.3 is 9.64 Å². The van der Waals surface area contributed by atoms with E-state index < -0.39 is 4.92 Å². The summed E-state index contributed by atoms with van der Waals surface area (Å²) in [5.74, 6) is -0.0798. The average molecular weight is 501 g/mol. The van der Waals surface area contributed by atoms with Crippen molar-refractivity contribution in [2.24, 2.45) is 10.2 Å². The molecule has 4 rings (SSSR count). The Bertz CT molecular complexity index is 1120. The third-order valence-corrected chi connectivity index (χ3v) is 6.37. The minimum absolute atomic E-state index is 0.00845. The number of rotatable bonds is 6. The number of benzene rings is 2. The molecule has 1 saturated heterocycles. The van der Waals surface area contributed by atoms with Crippen LogP contribution in [0.1, 0.15) is 15.2 Å². The number of anilines is 1. The molecule has 0 amide bonds. The Balaban J connectivity index is 1.65. The fourth-order valence-corrected chi connectivity index (χ4v) is 4.41. The number of azo groups is 1. The number of carbonyl (C=O) groups is 1. The molecule has 31 heavy (non-hydrogen) atoms. The number of morpholine rings is 1. The smallest absolute Gasteiger partial charge is 0.269 e. The van der Waals surface area contributed by atoms with Crippen LogP contribution in [0.25, 0.3) is 0 Å². The van der Waals surface area contributed by atoms with Crippen LogP contribution in [0.4, 0.5) is 22.1 Å². The number of nitro benzene ring substituents is 1. The largest absolute Gasteiger partial charge is 0.378 e. The second-order valence-corrected chi connectivity index (χ2v) is 8.66. The Kier molecular flexibility index (Phi) is 6.50. The minimum Gasteiger partial charge on any atom is -0.378 e. The maximum atomic E-state index is 13.0. The highest BCUT2D eigenvalue weighted by molar-refractivity contribution is 9.10. The van der Waals surface area contributed by atoms with Crippen molar-refractivity contribution < 1.29 is 14.5 Å². The summed E-state index contributed by atoms with van der Waals surface area (Å²) in [5, 5.41) is 20.3. The van der Waals surface area contributed by atoms with E-state index in [0.717, 1.165) is 9.47 Å². The van der Waals surface area contributed by atoms with Gasteiger partial charge in [-0.1, -0.05) is 15.9 Å². The molecule has 1 aliphatic heterocycles. The van der Waals surface area contributed by atoms with Crippen molar-refractivity contribution in [1.29, 1.82) is 0 Å². The van der Waals surface area contributed by atoms with E-state index in [9.17, 15) is 14.9 Å². The van der Waals surface area contributed by atoms with Crippen LogP contribution >= 0.6 is 27.3 Å². The molecule has 0 unspecified atom stereocenters. The van der Waals surface area contributed by atoms with Gasteiger partial charge in [0.25, 0.3) is 5.69 Å². The van der Waals surface area contributed by atoms with Gasteiger partial charge in [-0.2, -0.15) is 5.11 Å². The van der Waals surface area contributed by atoms with Gasteiger partial charge in [-0.3, -0.25) is 14.9 Å². The average Bonchev–Trinajstić information content (AvgIpc) is 3.23. The van der Waals surface area contributed by atoms with Crippen LogP contribution < -0.4 is 4.90 Å². The first-order valence-corrected chi connectivity index (χ1v) is 11.1. The van der Waals surface area contributed by atoms with Crippen molar-refractivity contribution in [3.63, 3.8) is 0 Å². The van der Waals surface area contributed by atoms with Gasteiger partial charge in [-0.25, -0.2) is 0 Å². The summed E-state index contributed by atoms with van der Waals surface area (Å²) in [5.41, 5.74) is 1.67. The number of halogens is 1. The van der Waals surface area contributed by atoms with E-state index in [2.05, 4.69) is 31.1 Å². The predicted octanol–water partition coefficient (Wildman–Crippen LogP) is 5.90. The standard InChI is InChI=1S/C21H17BrN4O4S/c22-15-3-1-14(2-4-15)20(27)19-13-18(21(31-19)25-9-11-30-12-10-25)24-23-16-5-7-17(8-6-16)26(28)29/h1-8,13H,9-12H2. The van der Waals surface area contributed by atoms with Gasteiger partial charge in [0.1, 0.15) is 10.7 Å². The van der Waals surface area contributed by atoms with E-state index in [-0.39, 0.29) is 11.5 Å². The number of ketones is 1. The Morgan fingerprint density at radius 1 is 1.06 bits per heavy atom. The lowest BCUT2D eigenvalue weighted by Gasteiger charge is -2.27. The highest BCUT2D eigenvalue weighted by Crippen LogP contribution is 2.40. The third kappa shape index (κ3) is 5.04. The molecule has 0 bridgehead atoms. The molecule has 0 atom stereocenters. The molecule has 1 aliphatic rings. The highest BCUT2D eigenvalue weighted by atomic mass is 79.9. The molecular formula is C21H17BrN4O4S. The second-order valence-electron chi connectivity index (χ2n) is 6.71. The van der Waals surface area contributed by atoms with Gasteiger partial charge in [0.15, 0.2) is 0 Å². The first-order chi connectivity index (χ1) is 15.0. The van der Waals surface area contributed by atoms with Crippen LogP contribution in [-0.2, 0) is 4.74 Å². The molecule has 0 radical (unpaired) electrons. The summed E-state index contributed by atoms with van der Waals surface area (Å²) in [6.07, 6.45) is 0. The molecule has 158 valence electrons. The van der Waals surface area contributed by atoms with Gasteiger partial charge >= 0.3 is 0 Å². The molecule has 10 heteroatoms. The van der Waals surface area contributed by atoms with Crippen molar-refractivity contribution in [1.82, 2.24) is 0 Å². The van der Waals surface area contributed by atoms with Crippen molar-refractivity contribution in [2.75, 3.05) is 31.2 Å². The quantitative estimate of drug-likeness (QED) is 0.181. The first kappa shape index (κ1) is 21.3. The lowest BCUT2D eigenvalue weighted by molar-refractivity contribution is -0.384. The number of non-ortho nitro benzene ring substituents is 1. The van der Waals surface area contributed by atoms with Crippen LogP contribution in [-0.4, -0.2) is 37.0 Å². The predicted molar refractivity (Wildman–Crippen MR) is 122 cm³/mol. The van der Waals surface area contributed by atoms with E-state index in [1.165, 1.54) is 35.6 Å².